The largest absolute Gasteiger partial charge is 0.365 e. The first kappa shape index (κ1) is 45.1. The first-order valence-electron chi connectivity index (χ1n) is 21.1. The predicted octanol–water partition coefficient (Wildman–Crippen LogP) is 9.40. The number of fused-ring (bicyclic) bond motifs is 3. The number of aryl methyl sites for hydroxylation is 1. The van der Waals surface area contributed by atoms with E-state index in [0.29, 0.717) is 30.9 Å². The van der Waals surface area contributed by atoms with E-state index in [2.05, 4.69) is 82.5 Å². The predicted molar refractivity (Wildman–Crippen MR) is 243 cm³/mol. The Hall–Kier alpha value is -4.89. The van der Waals surface area contributed by atoms with Gasteiger partial charge in [-0.3, -0.25) is 13.7 Å². The molecule has 0 radical (unpaired) electrons. The van der Waals surface area contributed by atoms with Gasteiger partial charge in [0.2, 0.25) is 0 Å². The van der Waals surface area contributed by atoms with Crippen molar-refractivity contribution in [1.29, 1.82) is 0 Å². The first-order valence-corrected chi connectivity index (χ1v) is 23.8. The monoisotopic (exact) mass is 880 g/mol. The molecule has 3 atom stereocenters. The number of thiazole rings is 1. The third-order valence-electron chi connectivity index (χ3n) is 12.1. The first-order chi connectivity index (χ1) is 29.8. The van der Waals surface area contributed by atoms with Crippen molar-refractivity contribution < 1.29 is 26.5 Å². The van der Waals surface area contributed by atoms with Crippen molar-refractivity contribution in [3.05, 3.63) is 182 Å². The van der Waals surface area contributed by atoms with Crippen LogP contribution in [0.3, 0.4) is 0 Å². The Bertz CT molecular complexity index is 2480. The molecule has 62 heavy (non-hydrogen) atoms. The number of rotatable bonds is 9. The lowest BCUT2D eigenvalue weighted by atomic mass is 9.88. The summed E-state index contributed by atoms with van der Waals surface area (Å²) in [5, 5.41) is 1.88. The fourth-order valence-electron chi connectivity index (χ4n) is 8.95. The Kier molecular flexibility index (Phi) is 14.9. The average molecular weight is 881 g/mol. The number of hydrogen-bond acceptors (Lipinski definition) is 8. The van der Waals surface area contributed by atoms with Crippen molar-refractivity contribution in [2.75, 3.05) is 32.9 Å². The van der Waals surface area contributed by atoms with Gasteiger partial charge in [0.15, 0.2) is 4.96 Å². The van der Waals surface area contributed by atoms with Crippen LogP contribution in [0.15, 0.2) is 131 Å². The van der Waals surface area contributed by atoms with E-state index >= 15 is 0 Å². The summed E-state index contributed by atoms with van der Waals surface area (Å²) in [4.78, 5) is 23.1. The molecule has 5 heterocycles. The molecule has 3 aliphatic heterocycles. The van der Waals surface area contributed by atoms with Gasteiger partial charge in [0, 0.05) is 54.6 Å². The molecule has 3 fully saturated rings. The zero-order valence-electron chi connectivity index (χ0n) is 35.4. The van der Waals surface area contributed by atoms with E-state index in [-0.39, 0.29) is 23.3 Å². The molecule has 0 spiro atoms. The molecule has 1 N–H and O–H groups in total. The Labute approximate surface area is 367 Å². The van der Waals surface area contributed by atoms with Crippen LogP contribution in [-0.2, 0) is 21.3 Å². The highest BCUT2D eigenvalue weighted by Gasteiger charge is 2.39. The molecule has 3 aliphatic rings. The van der Waals surface area contributed by atoms with Gasteiger partial charge in [-0.1, -0.05) is 90.5 Å². The standard InChI is InChI=1S/C27H25F2N3OS.C21H25NO.CH4O3S/c1-18-24(26(33)32-16-17-34-27(32)30-18)12-15-31-13-10-21(11-14-31)25(19-2-6-22(28)7-3-19)20-4-8-23(29)9-5-20;1-22-18-12-13-19(22)15-20(14-18)23-21(16-8-4-2-5-9-16)17-10-6-3-7-11-17;1-5(2,3)4/h2-9,16-17H,10-15H2,1H3;2-11,18-21H,12-15H2,1H3;1H3,(H,2,3,4)/t;18-,19+,20?;. The highest BCUT2D eigenvalue weighted by Crippen LogP contribution is 2.39. The van der Waals surface area contributed by atoms with Gasteiger partial charge >= 0.3 is 0 Å². The Morgan fingerprint density at radius 3 is 1.84 bits per heavy atom. The molecular weight excluding hydrogens is 827 g/mol. The minimum Gasteiger partial charge on any atom is -0.365 e. The van der Waals surface area contributed by atoms with Gasteiger partial charge in [-0.05, 0) is 111 Å². The minimum absolute atomic E-state index is 0.0243. The molecule has 2 aromatic heterocycles. The SMILES string of the molecule is CN1[C@@H]2CC[C@H]1CC(OC(c1ccccc1)c1ccccc1)C2.CS(=O)(=O)O.Cc1nc2sccn2c(=O)c1CCN1CCC(=C(c2ccc(F)cc2)c2ccc(F)cc2)CC1. The molecule has 0 saturated carbocycles. The normalized spacial score (nSPS) is 19.1. The van der Waals surface area contributed by atoms with Gasteiger partial charge in [0.1, 0.15) is 17.7 Å². The summed E-state index contributed by atoms with van der Waals surface area (Å²) in [6, 6.07) is 35.7. The third kappa shape index (κ3) is 11.8. The van der Waals surface area contributed by atoms with Gasteiger partial charge in [-0.25, -0.2) is 13.8 Å². The summed E-state index contributed by atoms with van der Waals surface area (Å²) >= 11 is 1.47. The van der Waals surface area contributed by atoms with Crippen molar-refractivity contribution in [2.45, 2.75) is 76.2 Å². The number of ether oxygens (including phenoxy) is 1. The zero-order valence-corrected chi connectivity index (χ0v) is 37.0. The lowest BCUT2D eigenvalue weighted by Crippen LogP contribution is -2.43. The van der Waals surface area contributed by atoms with E-state index in [1.54, 1.807) is 34.9 Å². The topological polar surface area (TPSA) is 104 Å². The highest BCUT2D eigenvalue weighted by molar-refractivity contribution is 7.85. The number of halogens is 2. The number of benzene rings is 4. The molecule has 13 heteroatoms. The van der Waals surface area contributed by atoms with Crippen LogP contribution in [0.1, 0.15) is 78.1 Å². The molecule has 9 rings (SSSR count). The van der Waals surface area contributed by atoms with E-state index in [1.165, 1.54) is 78.0 Å². The molecule has 326 valence electrons. The van der Waals surface area contributed by atoms with Gasteiger partial charge < -0.3 is 14.5 Å². The second-order valence-electron chi connectivity index (χ2n) is 16.3. The van der Waals surface area contributed by atoms with Crippen LogP contribution in [-0.4, -0.2) is 83.3 Å². The van der Waals surface area contributed by atoms with E-state index < -0.39 is 10.1 Å². The molecule has 0 amide bonds. The molecule has 1 unspecified atom stereocenters. The number of piperidine rings is 2. The molecule has 6 aromatic rings. The third-order valence-corrected chi connectivity index (χ3v) is 12.9. The van der Waals surface area contributed by atoms with Crippen LogP contribution in [0.25, 0.3) is 10.5 Å². The lowest BCUT2D eigenvalue weighted by molar-refractivity contribution is -0.0426. The maximum atomic E-state index is 13.5. The van der Waals surface area contributed by atoms with Gasteiger partial charge in [-0.2, -0.15) is 8.42 Å². The fourth-order valence-corrected chi connectivity index (χ4v) is 9.70. The smallest absolute Gasteiger partial charge is 0.261 e. The van der Waals surface area contributed by atoms with Gasteiger partial charge in [0.05, 0.1) is 12.4 Å². The van der Waals surface area contributed by atoms with Crippen LogP contribution in [0.5, 0.6) is 0 Å². The summed E-state index contributed by atoms with van der Waals surface area (Å²) in [7, 11) is -1.38. The van der Waals surface area contributed by atoms with Gasteiger partial charge in [-0.15, -0.1) is 11.3 Å². The van der Waals surface area contributed by atoms with Gasteiger partial charge in [0.25, 0.3) is 15.7 Å². The van der Waals surface area contributed by atoms with Crippen LogP contribution in [0, 0.1) is 18.6 Å². The van der Waals surface area contributed by atoms with Crippen molar-refractivity contribution in [3.63, 3.8) is 0 Å². The maximum absolute atomic E-state index is 13.5. The minimum atomic E-state index is -3.67. The molecule has 3 saturated heterocycles. The Balaban J connectivity index is 0.000000178. The number of hydrogen-bond donors (Lipinski definition) is 1. The number of aromatic nitrogens is 2. The van der Waals surface area contributed by atoms with Crippen LogP contribution in [0.2, 0.25) is 0 Å². The molecule has 4 aromatic carbocycles. The van der Waals surface area contributed by atoms with E-state index in [4.69, 9.17) is 9.29 Å². The van der Waals surface area contributed by atoms with E-state index in [9.17, 15) is 22.0 Å². The lowest BCUT2D eigenvalue weighted by Gasteiger charge is -2.38. The molecule has 0 aliphatic carbocycles. The summed E-state index contributed by atoms with van der Waals surface area (Å²) in [5.41, 5.74) is 8.33. The fraction of sp³-hybridized carbons (Fsp3) is 0.347. The summed E-state index contributed by atoms with van der Waals surface area (Å²) in [5.74, 6) is -0.549. The number of likely N-dealkylation sites (tertiary alicyclic amines) is 1. The summed E-state index contributed by atoms with van der Waals surface area (Å²) < 4.78 is 61.3. The highest BCUT2D eigenvalue weighted by atomic mass is 32.2. The molecule has 2 bridgehead atoms. The van der Waals surface area contributed by atoms with Crippen LogP contribution >= 0.6 is 11.3 Å². The quantitative estimate of drug-likeness (QED) is 0.143. The molecule has 9 nitrogen and oxygen atoms in total. The van der Waals surface area contributed by atoms with Crippen LogP contribution in [0.4, 0.5) is 8.78 Å². The van der Waals surface area contributed by atoms with Crippen LogP contribution < -0.4 is 5.56 Å². The molecular formula is C49H54F2N4O5S2. The van der Waals surface area contributed by atoms with Crippen molar-refractivity contribution in [1.82, 2.24) is 19.2 Å². The maximum Gasteiger partial charge on any atom is 0.261 e. The second kappa shape index (κ2) is 20.5. The average Bonchev–Trinajstić information content (AvgIpc) is 3.80. The van der Waals surface area contributed by atoms with E-state index in [0.717, 1.165) is 65.4 Å². The summed E-state index contributed by atoms with van der Waals surface area (Å²) in [6.45, 7) is 4.44. The summed E-state index contributed by atoms with van der Waals surface area (Å²) in [6.07, 6.45) is 10.3. The van der Waals surface area contributed by atoms with Crippen molar-refractivity contribution >= 4 is 32.0 Å². The Morgan fingerprint density at radius 1 is 0.839 bits per heavy atom. The van der Waals surface area contributed by atoms with E-state index in [1.807, 2.05) is 12.3 Å². The zero-order chi connectivity index (χ0) is 43.8. The second-order valence-corrected chi connectivity index (χ2v) is 18.7. The van der Waals surface area contributed by atoms with Crippen molar-refractivity contribution in [2.24, 2.45) is 0 Å². The van der Waals surface area contributed by atoms with Crippen molar-refractivity contribution in [3.8, 4) is 0 Å². The number of nitrogens with zero attached hydrogens (tertiary/aromatic N) is 4. The Morgan fingerprint density at radius 2 is 1.34 bits per heavy atom.